The van der Waals surface area contributed by atoms with Gasteiger partial charge in [-0.3, -0.25) is 14.8 Å². The zero-order valence-electron chi connectivity index (χ0n) is 13.2. The summed E-state index contributed by atoms with van der Waals surface area (Å²) in [6, 6.07) is 6.24. The summed E-state index contributed by atoms with van der Waals surface area (Å²) in [6.45, 7) is 1.58. The van der Waals surface area contributed by atoms with E-state index >= 15 is 0 Å². The van der Waals surface area contributed by atoms with Crippen molar-refractivity contribution in [3.05, 3.63) is 59.2 Å². The van der Waals surface area contributed by atoms with E-state index < -0.39 is 0 Å². The Morgan fingerprint density at radius 3 is 2.91 bits per heavy atom. The third-order valence-corrected chi connectivity index (χ3v) is 5.06. The van der Waals surface area contributed by atoms with Crippen molar-refractivity contribution < 1.29 is 4.79 Å². The number of hydrogen-bond donors (Lipinski definition) is 0. The lowest BCUT2D eigenvalue weighted by Gasteiger charge is -2.32. The molecule has 0 saturated carbocycles. The fourth-order valence-electron chi connectivity index (χ4n) is 3.81. The Labute approximate surface area is 136 Å². The van der Waals surface area contributed by atoms with E-state index in [1.165, 1.54) is 17.5 Å². The Hall–Kier alpha value is -2.23. The number of hydrogen-bond acceptors (Lipinski definition) is 3. The molecular weight excluding hydrogens is 286 g/mol. The first-order valence-corrected chi connectivity index (χ1v) is 8.48. The van der Waals surface area contributed by atoms with Crippen LogP contribution in [0.3, 0.4) is 0 Å². The van der Waals surface area contributed by atoms with Crippen LogP contribution in [0, 0.1) is 0 Å². The van der Waals surface area contributed by atoms with E-state index in [-0.39, 0.29) is 5.91 Å². The van der Waals surface area contributed by atoms with E-state index in [1.807, 2.05) is 17.2 Å². The predicted molar refractivity (Wildman–Crippen MR) is 88.4 cm³/mol. The Kier molecular flexibility index (Phi) is 3.82. The quantitative estimate of drug-likeness (QED) is 0.857. The molecule has 1 aliphatic carbocycles. The van der Waals surface area contributed by atoms with Gasteiger partial charge in [0.1, 0.15) is 0 Å². The molecule has 1 fully saturated rings. The molecule has 0 radical (unpaired) electrons. The van der Waals surface area contributed by atoms with Crippen LogP contribution in [0.5, 0.6) is 0 Å². The van der Waals surface area contributed by atoms with Crippen LogP contribution in [0.15, 0.2) is 36.8 Å². The number of amides is 1. The van der Waals surface area contributed by atoms with Crippen LogP contribution in [0.1, 0.15) is 52.4 Å². The van der Waals surface area contributed by atoms with Crippen LogP contribution in [-0.2, 0) is 12.8 Å². The lowest BCUT2D eigenvalue weighted by Crippen LogP contribution is -2.39. The standard InChI is InChI=1S/C19H21N3O/c23-19(16-7-6-14-3-1-4-15(14)11-16)22-10-2-5-17(13-22)18-12-20-8-9-21-18/h6-9,11-12,17H,1-5,10,13H2. The summed E-state index contributed by atoms with van der Waals surface area (Å²) in [5, 5.41) is 0. The van der Waals surface area contributed by atoms with Crippen molar-refractivity contribution >= 4 is 5.91 Å². The highest BCUT2D eigenvalue weighted by molar-refractivity contribution is 5.94. The molecule has 1 saturated heterocycles. The van der Waals surface area contributed by atoms with Gasteiger partial charge in [0.2, 0.25) is 0 Å². The normalized spacial score (nSPS) is 20.3. The van der Waals surface area contributed by atoms with Crippen LogP contribution in [0.25, 0.3) is 0 Å². The molecule has 2 heterocycles. The Morgan fingerprint density at radius 2 is 2.04 bits per heavy atom. The van der Waals surface area contributed by atoms with Gasteiger partial charge in [0.25, 0.3) is 5.91 Å². The van der Waals surface area contributed by atoms with E-state index in [4.69, 9.17) is 0 Å². The van der Waals surface area contributed by atoms with Gasteiger partial charge >= 0.3 is 0 Å². The zero-order valence-corrected chi connectivity index (χ0v) is 13.2. The van der Waals surface area contributed by atoms with Gasteiger partial charge in [-0.2, -0.15) is 0 Å². The van der Waals surface area contributed by atoms with Gasteiger partial charge in [-0.25, -0.2) is 0 Å². The van der Waals surface area contributed by atoms with Gasteiger partial charge in [0.05, 0.1) is 5.69 Å². The molecule has 1 amide bonds. The molecule has 4 rings (SSSR count). The second-order valence-corrected chi connectivity index (χ2v) is 6.56. The summed E-state index contributed by atoms with van der Waals surface area (Å²) in [7, 11) is 0. The molecule has 23 heavy (non-hydrogen) atoms. The Bertz CT molecular complexity index is 714. The first-order valence-electron chi connectivity index (χ1n) is 8.48. The van der Waals surface area contributed by atoms with Gasteiger partial charge in [-0.15, -0.1) is 0 Å². The second kappa shape index (κ2) is 6.11. The maximum Gasteiger partial charge on any atom is 0.253 e. The molecule has 1 unspecified atom stereocenters. The van der Waals surface area contributed by atoms with Crippen molar-refractivity contribution in [1.82, 2.24) is 14.9 Å². The van der Waals surface area contributed by atoms with E-state index in [9.17, 15) is 4.79 Å². The highest BCUT2D eigenvalue weighted by atomic mass is 16.2. The van der Waals surface area contributed by atoms with Crippen molar-refractivity contribution in [2.45, 2.75) is 38.0 Å². The average molecular weight is 307 g/mol. The first kappa shape index (κ1) is 14.4. The van der Waals surface area contributed by atoms with Crippen LogP contribution in [-0.4, -0.2) is 33.9 Å². The molecule has 1 aromatic carbocycles. The van der Waals surface area contributed by atoms with Crippen molar-refractivity contribution in [3.8, 4) is 0 Å². The highest BCUT2D eigenvalue weighted by Crippen LogP contribution is 2.27. The summed E-state index contributed by atoms with van der Waals surface area (Å²) >= 11 is 0. The summed E-state index contributed by atoms with van der Waals surface area (Å²) in [5.74, 6) is 0.462. The first-order chi connectivity index (χ1) is 11.3. The van der Waals surface area contributed by atoms with E-state index in [1.54, 1.807) is 12.4 Å². The van der Waals surface area contributed by atoms with Crippen LogP contribution < -0.4 is 0 Å². The Morgan fingerprint density at radius 1 is 1.13 bits per heavy atom. The summed E-state index contributed by atoms with van der Waals surface area (Å²) in [4.78, 5) is 23.4. The topological polar surface area (TPSA) is 46.1 Å². The third kappa shape index (κ3) is 2.85. The molecule has 1 aliphatic heterocycles. The average Bonchev–Trinajstić information content (AvgIpc) is 3.09. The molecule has 1 atom stereocenters. The number of aryl methyl sites for hydroxylation is 2. The van der Waals surface area contributed by atoms with Crippen molar-refractivity contribution in [3.63, 3.8) is 0 Å². The molecule has 1 aromatic heterocycles. The van der Waals surface area contributed by atoms with Gasteiger partial charge in [0.15, 0.2) is 0 Å². The molecular formula is C19H21N3O. The van der Waals surface area contributed by atoms with Gasteiger partial charge in [-0.1, -0.05) is 6.07 Å². The van der Waals surface area contributed by atoms with Crippen LogP contribution in [0.4, 0.5) is 0 Å². The number of rotatable bonds is 2. The minimum absolute atomic E-state index is 0.160. The number of benzene rings is 1. The molecule has 2 aromatic rings. The second-order valence-electron chi connectivity index (χ2n) is 6.56. The number of carbonyl (C=O) groups is 1. The molecule has 0 N–H and O–H groups in total. The number of fused-ring (bicyclic) bond motifs is 1. The minimum Gasteiger partial charge on any atom is -0.338 e. The largest absolute Gasteiger partial charge is 0.338 e. The predicted octanol–water partition coefficient (Wildman–Crippen LogP) is 2.99. The minimum atomic E-state index is 0.160. The number of piperidine rings is 1. The summed E-state index contributed by atoms with van der Waals surface area (Å²) in [6.07, 6.45) is 10.8. The van der Waals surface area contributed by atoms with E-state index in [2.05, 4.69) is 22.1 Å². The number of nitrogens with zero attached hydrogens (tertiary/aromatic N) is 3. The van der Waals surface area contributed by atoms with Crippen LogP contribution in [0.2, 0.25) is 0 Å². The maximum absolute atomic E-state index is 12.9. The van der Waals surface area contributed by atoms with Gasteiger partial charge in [0, 0.05) is 43.2 Å². The molecule has 0 bridgehead atoms. The van der Waals surface area contributed by atoms with Crippen molar-refractivity contribution in [2.24, 2.45) is 0 Å². The maximum atomic E-state index is 12.9. The molecule has 118 valence electrons. The molecule has 0 spiro atoms. The van der Waals surface area contributed by atoms with E-state index in [0.717, 1.165) is 50.0 Å². The summed E-state index contributed by atoms with van der Waals surface area (Å²) in [5.41, 5.74) is 4.61. The fraction of sp³-hybridized carbons (Fsp3) is 0.421. The summed E-state index contributed by atoms with van der Waals surface area (Å²) < 4.78 is 0. The van der Waals surface area contributed by atoms with Crippen LogP contribution >= 0.6 is 0 Å². The smallest absolute Gasteiger partial charge is 0.253 e. The molecule has 4 heteroatoms. The zero-order chi connectivity index (χ0) is 15.6. The monoisotopic (exact) mass is 307 g/mol. The number of likely N-dealkylation sites (tertiary alicyclic amines) is 1. The lowest BCUT2D eigenvalue weighted by atomic mass is 9.94. The fourth-order valence-corrected chi connectivity index (χ4v) is 3.81. The number of carbonyl (C=O) groups excluding carboxylic acids is 1. The van der Waals surface area contributed by atoms with Gasteiger partial charge in [-0.05, 0) is 55.4 Å². The SMILES string of the molecule is O=C(c1ccc2c(c1)CCC2)N1CCCC(c2cnccn2)C1. The molecule has 2 aliphatic rings. The van der Waals surface area contributed by atoms with Gasteiger partial charge < -0.3 is 4.90 Å². The highest BCUT2D eigenvalue weighted by Gasteiger charge is 2.27. The van der Waals surface area contributed by atoms with Crippen molar-refractivity contribution in [1.29, 1.82) is 0 Å². The van der Waals surface area contributed by atoms with E-state index in [0.29, 0.717) is 5.92 Å². The Balaban J connectivity index is 1.52. The third-order valence-electron chi connectivity index (χ3n) is 5.06. The van der Waals surface area contributed by atoms with Crippen molar-refractivity contribution in [2.75, 3.05) is 13.1 Å². The lowest BCUT2D eigenvalue weighted by molar-refractivity contribution is 0.0705. The number of aromatic nitrogens is 2. The molecule has 4 nitrogen and oxygen atoms in total.